The molecule has 150 valence electrons. The zero-order valence-corrected chi connectivity index (χ0v) is 15.6. The number of anilines is 2. The van der Waals surface area contributed by atoms with Gasteiger partial charge in [0.15, 0.2) is 0 Å². The van der Waals surface area contributed by atoms with Gasteiger partial charge in [0.2, 0.25) is 0 Å². The molecular weight excluding hydrogens is 386 g/mol. The van der Waals surface area contributed by atoms with E-state index in [2.05, 4.69) is 21.2 Å². The predicted octanol–water partition coefficient (Wildman–Crippen LogP) is 4.00. The molecule has 3 aromatic rings. The number of nitrogens with zero attached hydrogens (tertiary/aromatic N) is 2. The highest BCUT2D eigenvalue weighted by atomic mass is 16.6. The molecule has 9 heteroatoms. The third-order valence-corrected chi connectivity index (χ3v) is 3.92. The van der Waals surface area contributed by atoms with Crippen LogP contribution in [0.2, 0.25) is 0 Å². The van der Waals surface area contributed by atoms with Gasteiger partial charge in [-0.1, -0.05) is 18.2 Å². The first-order chi connectivity index (χ1) is 14.5. The Kier molecular flexibility index (Phi) is 6.47. The Morgan fingerprint density at radius 3 is 2.03 bits per heavy atom. The number of urea groups is 1. The van der Waals surface area contributed by atoms with Gasteiger partial charge >= 0.3 is 6.03 Å². The van der Waals surface area contributed by atoms with Crippen LogP contribution in [-0.2, 0) is 0 Å². The van der Waals surface area contributed by atoms with Crippen molar-refractivity contribution in [3.8, 4) is 0 Å². The number of para-hydroxylation sites is 1. The van der Waals surface area contributed by atoms with E-state index in [1.165, 1.54) is 30.5 Å². The molecule has 3 N–H and O–H groups in total. The lowest BCUT2D eigenvalue weighted by atomic mass is 10.2. The van der Waals surface area contributed by atoms with Gasteiger partial charge in [-0.2, -0.15) is 5.10 Å². The predicted molar refractivity (Wildman–Crippen MR) is 114 cm³/mol. The van der Waals surface area contributed by atoms with Crippen molar-refractivity contribution in [2.45, 2.75) is 0 Å². The molecule has 0 heterocycles. The third kappa shape index (κ3) is 5.73. The Morgan fingerprint density at radius 1 is 0.833 bits per heavy atom. The summed E-state index contributed by atoms with van der Waals surface area (Å²) in [5, 5.41) is 19.8. The number of benzene rings is 3. The standard InChI is InChI=1S/C21H17N5O4/c27-20(25-22-14-15-6-12-19(13-7-15)26(29)30)16-8-10-18(11-9-16)24-21(28)23-17-4-2-1-3-5-17/h1-14H,(H,25,27)(H2,23,24,28). The molecular formula is C21H17N5O4. The van der Waals surface area contributed by atoms with Crippen molar-refractivity contribution in [3.05, 3.63) is 100 Å². The van der Waals surface area contributed by atoms with Crippen LogP contribution in [0.15, 0.2) is 84.0 Å². The summed E-state index contributed by atoms with van der Waals surface area (Å²) < 4.78 is 0. The van der Waals surface area contributed by atoms with Crippen LogP contribution in [-0.4, -0.2) is 23.1 Å². The lowest BCUT2D eigenvalue weighted by Gasteiger charge is -2.08. The van der Waals surface area contributed by atoms with Crippen LogP contribution < -0.4 is 16.1 Å². The van der Waals surface area contributed by atoms with Gasteiger partial charge in [0.05, 0.1) is 11.1 Å². The van der Waals surface area contributed by atoms with E-state index in [0.717, 1.165) is 0 Å². The summed E-state index contributed by atoms with van der Waals surface area (Å²) in [6.45, 7) is 0. The van der Waals surface area contributed by atoms with Gasteiger partial charge in [-0.3, -0.25) is 14.9 Å². The fraction of sp³-hybridized carbons (Fsp3) is 0. The van der Waals surface area contributed by atoms with Gasteiger partial charge in [0.25, 0.3) is 11.6 Å². The summed E-state index contributed by atoms with van der Waals surface area (Å²) in [6, 6.07) is 20.7. The maximum Gasteiger partial charge on any atom is 0.323 e. The molecule has 0 bridgehead atoms. The van der Waals surface area contributed by atoms with Crippen molar-refractivity contribution in [1.82, 2.24) is 5.43 Å². The fourth-order valence-corrected chi connectivity index (χ4v) is 2.43. The highest BCUT2D eigenvalue weighted by molar-refractivity contribution is 6.00. The first-order valence-electron chi connectivity index (χ1n) is 8.82. The summed E-state index contributed by atoms with van der Waals surface area (Å²) >= 11 is 0. The van der Waals surface area contributed by atoms with E-state index in [-0.39, 0.29) is 5.69 Å². The van der Waals surface area contributed by atoms with E-state index in [9.17, 15) is 19.7 Å². The van der Waals surface area contributed by atoms with E-state index in [1.807, 2.05) is 18.2 Å². The highest BCUT2D eigenvalue weighted by Gasteiger charge is 2.07. The Morgan fingerprint density at radius 2 is 1.43 bits per heavy atom. The summed E-state index contributed by atoms with van der Waals surface area (Å²) in [7, 11) is 0. The SMILES string of the molecule is O=C(Nc1ccccc1)Nc1ccc(C(=O)NN=Cc2ccc([N+](=O)[O-])cc2)cc1. The highest BCUT2D eigenvalue weighted by Crippen LogP contribution is 2.12. The summed E-state index contributed by atoms with van der Waals surface area (Å²) in [5.41, 5.74) is 4.49. The minimum absolute atomic E-state index is 0.0256. The van der Waals surface area contributed by atoms with Crippen LogP contribution in [0.1, 0.15) is 15.9 Å². The number of nitro benzene ring substituents is 1. The molecule has 0 aliphatic carbocycles. The number of non-ortho nitro benzene ring substituents is 1. The second kappa shape index (κ2) is 9.60. The quantitative estimate of drug-likeness (QED) is 0.327. The molecule has 0 radical (unpaired) electrons. The summed E-state index contributed by atoms with van der Waals surface area (Å²) in [5.74, 6) is -0.437. The maximum atomic E-state index is 12.1. The largest absolute Gasteiger partial charge is 0.323 e. The van der Waals surface area contributed by atoms with Crippen LogP contribution >= 0.6 is 0 Å². The Bertz CT molecular complexity index is 1060. The molecule has 30 heavy (non-hydrogen) atoms. The van der Waals surface area contributed by atoms with Gasteiger partial charge in [0, 0.05) is 29.1 Å². The molecule has 0 saturated carbocycles. The van der Waals surface area contributed by atoms with Gasteiger partial charge in [0.1, 0.15) is 0 Å². The number of rotatable bonds is 6. The van der Waals surface area contributed by atoms with Gasteiger partial charge in [-0.05, 0) is 54.1 Å². The molecule has 0 saturated heterocycles. The molecule has 0 fully saturated rings. The number of hydrogen-bond donors (Lipinski definition) is 3. The van der Waals surface area contributed by atoms with Crippen LogP contribution in [0.25, 0.3) is 0 Å². The second-order valence-electron chi connectivity index (χ2n) is 6.07. The van der Waals surface area contributed by atoms with Crippen molar-refractivity contribution in [2.24, 2.45) is 5.10 Å². The molecule has 0 spiro atoms. The summed E-state index contributed by atoms with van der Waals surface area (Å²) in [4.78, 5) is 34.2. The maximum absolute atomic E-state index is 12.1. The zero-order valence-electron chi connectivity index (χ0n) is 15.6. The number of nitrogens with one attached hydrogen (secondary N) is 3. The second-order valence-corrected chi connectivity index (χ2v) is 6.07. The van der Waals surface area contributed by atoms with Crippen molar-refractivity contribution in [1.29, 1.82) is 0 Å². The van der Waals surface area contributed by atoms with E-state index in [4.69, 9.17) is 0 Å². The molecule has 0 aliphatic heterocycles. The molecule has 0 aromatic heterocycles. The molecule has 3 aromatic carbocycles. The topological polar surface area (TPSA) is 126 Å². The van der Waals surface area contributed by atoms with Gasteiger partial charge in [-0.25, -0.2) is 10.2 Å². The zero-order chi connectivity index (χ0) is 21.3. The average Bonchev–Trinajstić information content (AvgIpc) is 2.75. The third-order valence-electron chi connectivity index (χ3n) is 3.92. The van der Waals surface area contributed by atoms with Crippen LogP contribution in [0.3, 0.4) is 0 Å². The number of hydrazone groups is 1. The van der Waals surface area contributed by atoms with E-state index in [1.54, 1.807) is 36.4 Å². The minimum Gasteiger partial charge on any atom is -0.308 e. The molecule has 0 atom stereocenters. The Hall–Kier alpha value is -4.53. The normalized spacial score (nSPS) is 10.4. The molecule has 3 rings (SSSR count). The summed E-state index contributed by atoms with van der Waals surface area (Å²) in [6.07, 6.45) is 1.38. The fourth-order valence-electron chi connectivity index (χ4n) is 2.43. The number of carbonyl (C=O) groups is 2. The van der Waals surface area contributed by atoms with E-state index < -0.39 is 16.9 Å². The monoisotopic (exact) mass is 403 g/mol. The molecule has 0 aliphatic rings. The van der Waals surface area contributed by atoms with Crippen LogP contribution in [0, 0.1) is 10.1 Å². The number of amides is 3. The van der Waals surface area contributed by atoms with Gasteiger partial charge < -0.3 is 10.6 Å². The molecule has 9 nitrogen and oxygen atoms in total. The lowest BCUT2D eigenvalue weighted by Crippen LogP contribution is -2.20. The lowest BCUT2D eigenvalue weighted by molar-refractivity contribution is -0.384. The van der Waals surface area contributed by atoms with Crippen molar-refractivity contribution >= 4 is 35.2 Å². The number of nitro groups is 1. The average molecular weight is 403 g/mol. The van der Waals surface area contributed by atoms with Crippen molar-refractivity contribution in [2.75, 3.05) is 10.6 Å². The van der Waals surface area contributed by atoms with Crippen LogP contribution in [0.5, 0.6) is 0 Å². The number of hydrogen-bond acceptors (Lipinski definition) is 5. The van der Waals surface area contributed by atoms with E-state index in [0.29, 0.717) is 22.5 Å². The Balaban J connectivity index is 1.51. The molecule has 0 unspecified atom stereocenters. The van der Waals surface area contributed by atoms with Crippen molar-refractivity contribution in [3.63, 3.8) is 0 Å². The van der Waals surface area contributed by atoms with E-state index >= 15 is 0 Å². The van der Waals surface area contributed by atoms with Gasteiger partial charge in [-0.15, -0.1) is 0 Å². The minimum atomic E-state index is -0.494. The first kappa shape index (κ1) is 20.2. The van der Waals surface area contributed by atoms with Crippen LogP contribution in [0.4, 0.5) is 21.9 Å². The van der Waals surface area contributed by atoms with Crippen molar-refractivity contribution < 1.29 is 14.5 Å². The smallest absolute Gasteiger partial charge is 0.308 e. The number of carbonyl (C=O) groups excluding carboxylic acids is 2. The first-order valence-corrected chi connectivity index (χ1v) is 8.82. The molecule has 3 amide bonds. The Labute approximate surface area is 171 Å².